The highest BCUT2D eigenvalue weighted by molar-refractivity contribution is 14.1. The number of thiophene rings is 1. The highest BCUT2D eigenvalue weighted by Gasteiger charge is 2.03. The number of aryl methyl sites for hydroxylation is 1. The summed E-state index contributed by atoms with van der Waals surface area (Å²) in [5.74, 6) is 0. The molecule has 0 fully saturated rings. The molecule has 0 aliphatic heterocycles. The number of hydrogen-bond donors (Lipinski definition) is 0. The van der Waals surface area contributed by atoms with Crippen LogP contribution in [0, 0.1) is 6.45 Å². The molecule has 0 amide bonds. The van der Waals surface area contributed by atoms with Gasteiger partial charge in [-0.15, -0.1) is 11.3 Å². The van der Waals surface area contributed by atoms with E-state index in [0.29, 0.717) is 0 Å². The Kier molecular flexibility index (Phi) is 3.14. The molecule has 13 heavy (non-hydrogen) atoms. The van der Waals surface area contributed by atoms with E-state index in [1.54, 1.807) is 0 Å². The first-order valence-electron chi connectivity index (χ1n) is 4.08. The van der Waals surface area contributed by atoms with Gasteiger partial charge in [-0.25, -0.2) is 0 Å². The molecule has 0 atom stereocenters. The minimum atomic E-state index is 1.13. The molecule has 1 aromatic heterocycles. The van der Waals surface area contributed by atoms with Gasteiger partial charge in [-0.2, -0.15) is 0 Å². The highest BCUT2D eigenvalue weighted by atomic mass is 127. The SMILES string of the molecule is CCc1cc2sc(I)cc2cc1I. The van der Waals surface area contributed by atoms with Gasteiger partial charge in [0, 0.05) is 8.27 Å². The fourth-order valence-corrected chi connectivity index (χ4v) is 4.09. The van der Waals surface area contributed by atoms with Gasteiger partial charge >= 0.3 is 0 Å². The van der Waals surface area contributed by atoms with E-state index in [1.807, 2.05) is 11.3 Å². The van der Waals surface area contributed by atoms with Crippen molar-refractivity contribution in [1.29, 1.82) is 0 Å². The lowest BCUT2D eigenvalue weighted by Gasteiger charge is -2.00. The van der Waals surface area contributed by atoms with E-state index >= 15 is 0 Å². The van der Waals surface area contributed by atoms with Crippen molar-refractivity contribution in [2.24, 2.45) is 0 Å². The van der Waals surface area contributed by atoms with Crippen LogP contribution in [0.1, 0.15) is 12.5 Å². The lowest BCUT2D eigenvalue weighted by Crippen LogP contribution is -1.83. The lowest BCUT2D eigenvalue weighted by molar-refractivity contribution is 1.13. The summed E-state index contributed by atoms with van der Waals surface area (Å²) in [5, 5.41) is 1.39. The van der Waals surface area contributed by atoms with Crippen molar-refractivity contribution in [3.05, 3.63) is 30.2 Å². The predicted molar refractivity (Wildman–Crippen MR) is 76.6 cm³/mol. The van der Waals surface area contributed by atoms with E-state index in [0.717, 1.165) is 6.42 Å². The highest BCUT2D eigenvalue weighted by Crippen LogP contribution is 2.30. The molecule has 0 N–H and O–H groups in total. The van der Waals surface area contributed by atoms with E-state index < -0.39 is 0 Å². The smallest absolute Gasteiger partial charge is 0.0666 e. The van der Waals surface area contributed by atoms with Crippen LogP contribution in [0.5, 0.6) is 0 Å². The van der Waals surface area contributed by atoms with E-state index in [-0.39, 0.29) is 0 Å². The first-order chi connectivity index (χ1) is 6.20. The maximum absolute atomic E-state index is 2.42. The van der Waals surface area contributed by atoms with Gasteiger partial charge in [-0.05, 0) is 80.8 Å². The third kappa shape index (κ3) is 2.02. The Morgan fingerprint density at radius 3 is 2.69 bits per heavy atom. The largest absolute Gasteiger partial charge is 0.129 e. The molecule has 0 aliphatic rings. The maximum atomic E-state index is 2.42. The second kappa shape index (κ2) is 4.02. The number of rotatable bonds is 1. The summed E-state index contributed by atoms with van der Waals surface area (Å²) >= 11 is 6.68. The third-order valence-electron chi connectivity index (χ3n) is 2.04. The Morgan fingerprint density at radius 2 is 2.00 bits per heavy atom. The van der Waals surface area contributed by atoms with Crippen LogP contribution in [0.4, 0.5) is 0 Å². The van der Waals surface area contributed by atoms with Gasteiger partial charge in [-0.1, -0.05) is 6.92 Å². The van der Waals surface area contributed by atoms with Gasteiger partial charge in [-0.3, -0.25) is 0 Å². The lowest BCUT2D eigenvalue weighted by atomic mass is 10.1. The van der Waals surface area contributed by atoms with Crippen molar-refractivity contribution in [3.8, 4) is 0 Å². The Balaban J connectivity index is 2.72. The standard InChI is InChI=1S/C10H8I2S/c1-2-6-4-9-7(3-8(6)11)5-10(12)13-9/h3-5H,2H2,1H3. The van der Waals surface area contributed by atoms with E-state index in [9.17, 15) is 0 Å². The normalized spacial score (nSPS) is 11.0. The maximum Gasteiger partial charge on any atom is 0.0666 e. The van der Waals surface area contributed by atoms with Crippen LogP contribution in [-0.4, -0.2) is 0 Å². The van der Waals surface area contributed by atoms with Gasteiger partial charge in [0.1, 0.15) is 0 Å². The van der Waals surface area contributed by atoms with E-state index in [2.05, 4.69) is 70.3 Å². The van der Waals surface area contributed by atoms with Crippen molar-refractivity contribution in [1.82, 2.24) is 0 Å². The summed E-state index contributed by atoms with van der Waals surface area (Å²) in [7, 11) is 0. The monoisotopic (exact) mass is 414 g/mol. The van der Waals surface area contributed by atoms with Crippen molar-refractivity contribution in [3.63, 3.8) is 0 Å². The Morgan fingerprint density at radius 1 is 1.23 bits per heavy atom. The number of fused-ring (bicyclic) bond motifs is 1. The second-order valence-electron chi connectivity index (χ2n) is 2.89. The third-order valence-corrected chi connectivity index (χ3v) is 4.90. The van der Waals surface area contributed by atoms with Crippen LogP contribution in [0.2, 0.25) is 0 Å². The zero-order chi connectivity index (χ0) is 9.42. The van der Waals surface area contributed by atoms with Crippen molar-refractivity contribution < 1.29 is 0 Å². The average Bonchev–Trinajstić information content (AvgIpc) is 2.42. The molecule has 2 rings (SSSR count). The quantitative estimate of drug-likeness (QED) is 0.596. The minimum Gasteiger partial charge on any atom is -0.129 e. The summed E-state index contributed by atoms with van der Waals surface area (Å²) in [6, 6.07) is 6.86. The molecular weight excluding hydrogens is 406 g/mol. The van der Waals surface area contributed by atoms with Crippen LogP contribution in [0.25, 0.3) is 10.1 Å². The molecule has 0 spiro atoms. The molecular formula is C10H8I2S. The minimum absolute atomic E-state index is 1.13. The Bertz CT molecular complexity index is 445. The predicted octanol–water partition coefficient (Wildman–Crippen LogP) is 4.67. The summed E-state index contributed by atoms with van der Waals surface area (Å²) in [6.45, 7) is 2.21. The molecule has 2 aromatic rings. The molecule has 0 nitrogen and oxygen atoms in total. The number of benzene rings is 1. The molecule has 68 valence electrons. The summed E-state index contributed by atoms with van der Waals surface area (Å²) in [6.07, 6.45) is 1.13. The van der Waals surface area contributed by atoms with E-state index in [4.69, 9.17) is 0 Å². The van der Waals surface area contributed by atoms with E-state index in [1.165, 1.54) is 22.1 Å². The van der Waals surface area contributed by atoms with Crippen LogP contribution >= 0.6 is 56.5 Å². The molecule has 0 unspecified atom stereocenters. The molecule has 1 heterocycles. The van der Waals surface area contributed by atoms with Gasteiger partial charge < -0.3 is 0 Å². The topological polar surface area (TPSA) is 0 Å². The van der Waals surface area contributed by atoms with Crippen LogP contribution in [0.3, 0.4) is 0 Å². The Labute approximate surface area is 109 Å². The molecule has 0 radical (unpaired) electrons. The Hall–Kier alpha value is 0.640. The summed E-state index contributed by atoms with van der Waals surface area (Å²) in [5.41, 5.74) is 1.46. The van der Waals surface area contributed by atoms with Crippen molar-refractivity contribution in [2.75, 3.05) is 0 Å². The molecule has 0 saturated carbocycles. The zero-order valence-corrected chi connectivity index (χ0v) is 12.2. The van der Waals surface area contributed by atoms with Gasteiger partial charge in [0.25, 0.3) is 0 Å². The summed E-state index contributed by atoms with van der Waals surface area (Å²) < 4.78 is 4.18. The molecule has 0 saturated heterocycles. The molecule has 1 aromatic carbocycles. The molecule has 0 aliphatic carbocycles. The number of halogens is 2. The van der Waals surface area contributed by atoms with Crippen LogP contribution < -0.4 is 0 Å². The fourth-order valence-electron chi connectivity index (χ4n) is 1.34. The van der Waals surface area contributed by atoms with Crippen molar-refractivity contribution in [2.45, 2.75) is 13.3 Å². The average molecular weight is 414 g/mol. The summed E-state index contributed by atoms with van der Waals surface area (Å²) in [4.78, 5) is 0. The zero-order valence-electron chi connectivity index (χ0n) is 7.10. The fraction of sp³-hybridized carbons (Fsp3) is 0.200. The first kappa shape index (κ1) is 10.2. The van der Waals surface area contributed by atoms with Crippen molar-refractivity contribution >= 4 is 66.6 Å². The second-order valence-corrected chi connectivity index (χ2v) is 7.03. The number of hydrogen-bond acceptors (Lipinski definition) is 1. The van der Waals surface area contributed by atoms with Gasteiger partial charge in [0.2, 0.25) is 0 Å². The van der Waals surface area contributed by atoms with Gasteiger partial charge in [0.15, 0.2) is 0 Å². The first-order valence-corrected chi connectivity index (χ1v) is 7.05. The van der Waals surface area contributed by atoms with Crippen LogP contribution in [-0.2, 0) is 6.42 Å². The molecule has 0 bridgehead atoms. The van der Waals surface area contributed by atoms with Gasteiger partial charge in [0.05, 0.1) is 2.88 Å². The van der Waals surface area contributed by atoms with Crippen LogP contribution in [0.15, 0.2) is 18.2 Å². The molecule has 3 heteroatoms.